The Morgan fingerprint density at radius 3 is 2.23 bits per heavy atom. The van der Waals surface area contributed by atoms with Gasteiger partial charge in [-0.3, -0.25) is 4.79 Å². The Bertz CT molecular complexity index is 401. The molecular weight excluding hydrogens is 278 g/mol. The molecule has 1 saturated carbocycles. The van der Waals surface area contributed by atoms with Crippen molar-refractivity contribution >= 4 is 11.9 Å². The molecule has 0 aromatic carbocycles. The SMILES string of the molecule is CC(C)(C)OC(=O)C1CCC(N=C(N)N2CCCCC2)CC1. The number of nitrogens with zero attached hydrogens (tertiary/aromatic N) is 2. The van der Waals surface area contributed by atoms with Crippen LogP contribution in [0.4, 0.5) is 0 Å². The average molecular weight is 309 g/mol. The number of aliphatic imine (C=N–C) groups is 1. The summed E-state index contributed by atoms with van der Waals surface area (Å²) in [6.07, 6.45) is 7.29. The molecule has 1 aliphatic carbocycles. The zero-order valence-electron chi connectivity index (χ0n) is 14.3. The predicted molar refractivity (Wildman–Crippen MR) is 88.6 cm³/mol. The van der Waals surface area contributed by atoms with Gasteiger partial charge < -0.3 is 15.4 Å². The number of guanidine groups is 1. The molecule has 2 N–H and O–H groups in total. The average Bonchev–Trinajstić information content (AvgIpc) is 2.47. The molecule has 2 fully saturated rings. The molecule has 1 aliphatic heterocycles. The monoisotopic (exact) mass is 309 g/mol. The van der Waals surface area contributed by atoms with Crippen LogP contribution >= 0.6 is 0 Å². The van der Waals surface area contributed by atoms with Gasteiger partial charge in [-0.15, -0.1) is 0 Å². The van der Waals surface area contributed by atoms with E-state index >= 15 is 0 Å². The first-order valence-corrected chi connectivity index (χ1v) is 8.66. The second-order valence-electron chi connectivity index (χ2n) is 7.57. The summed E-state index contributed by atoms with van der Waals surface area (Å²) in [4.78, 5) is 19.0. The standard InChI is InChI=1S/C17H31N3O2/c1-17(2,3)22-15(21)13-7-9-14(10-8-13)19-16(18)20-11-5-4-6-12-20/h13-14H,4-12H2,1-3H3,(H2,18,19). The number of ether oxygens (including phenoxy) is 1. The molecule has 1 saturated heterocycles. The largest absolute Gasteiger partial charge is 0.460 e. The third-order valence-corrected chi connectivity index (χ3v) is 4.43. The lowest BCUT2D eigenvalue weighted by molar-refractivity contribution is -0.161. The molecule has 126 valence electrons. The number of esters is 1. The quantitative estimate of drug-likeness (QED) is 0.484. The van der Waals surface area contributed by atoms with Gasteiger partial charge in [-0.05, 0) is 65.7 Å². The second kappa shape index (κ2) is 7.34. The Labute approximate surface area is 134 Å². The van der Waals surface area contributed by atoms with Crippen LogP contribution in [0.25, 0.3) is 0 Å². The molecule has 0 atom stereocenters. The molecule has 5 nitrogen and oxygen atoms in total. The molecule has 0 spiro atoms. The van der Waals surface area contributed by atoms with E-state index in [0.717, 1.165) is 38.8 Å². The summed E-state index contributed by atoms with van der Waals surface area (Å²) < 4.78 is 5.48. The van der Waals surface area contributed by atoms with Gasteiger partial charge in [0.1, 0.15) is 5.60 Å². The smallest absolute Gasteiger partial charge is 0.309 e. The summed E-state index contributed by atoms with van der Waals surface area (Å²) in [6.45, 7) is 7.81. The van der Waals surface area contributed by atoms with Crippen LogP contribution in [0.1, 0.15) is 65.7 Å². The molecule has 5 heteroatoms. The molecule has 0 aromatic heterocycles. The molecule has 0 unspecified atom stereocenters. The summed E-state index contributed by atoms with van der Waals surface area (Å²) >= 11 is 0. The lowest BCUT2D eigenvalue weighted by atomic mass is 9.86. The van der Waals surface area contributed by atoms with E-state index in [4.69, 9.17) is 15.5 Å². The topological polar surface area (TPSA) is 67.9 Å². The third kappa shape index (κ3) is 5.18. The number of rotatable bonds is 2. The van der Waals surface area contributed by atoms with Gasteiger partial charge in [-0.2, -0.15) is 0 Å². The van der Waals surface area contributed by atoms with Crippen LogP contribution in [0.15, 0.2) is 4.99 Å². The molecular formula is C17H31N3O2. The molecule has 2 aliphatic rings. The van der Waals surface area contributed by atoms with E-state index in [9.17, 15) is 4.79 Å². The first-order valence-electron chi connectivity index (χ1n) is 8.66. The van der Waals surface area contributed by atoms with Crippen molar-refractivity contribution in [1.29, 1.82) is 0 Å². The van der Waals surface area contributed by atoms with Crippen molar-refractivity contribution < 1.29 is 9.53 Å². The van der Waals surface area contributed by atoms with E-state index in [2.05, 4.69) is 4.90 Å². The number of likely N-dealkylation sites (tertiary alicyclic amines) is 1. The van der Waals surface area contributed by atoms with Gasteiger partial charge in [-0.1, -0.05) is 0 Å². The number of piperidine rings is 1. The minimum Gasteiger partial charge on any atom is -0.460 e. The minimum atomic E-state index is -0.398. The van der Waals surface area contributed by atoms with Gasteiger partial charge in [0.25, 0.3) is 0 Å². The fraction of sp³-hybridized carbons (Fsp3) is 0.882. The van der Waals surface area contributed by atoms with E-state index < -0.39 is 5.60 Å². The van der Waals surface area contributed by atoms with Crippen LogP contribution in [0.2, 0.25) is 0 Å². The van der Waals surface area contributed by atoms with Crippen molar-refractivity contribution in [3.05, 3.63) is 0 Å². The summed E-state index contributed by atoms with van der Waals surface area (Å²) in [6, 6.07) is 0.264. The maximum Gasteiger partial charge on any atom is 0.309 e. The summed E-state index contributed by atoms with van der Waals surface area (Å²) in [5.74, 6) is 0.668. The maximum absolute atomic E-state index is 12.1. The minimum absolute atomic E-state index is 0.0295. The van der Waals surface area contributed by atoms with Gasteiger partial charge in [0.05, 0.1) is 12.0 Å². The first-order chi connectivity index (χ1) is 10.3. The highest BCUT2D eigenvalue weighted by Gasteiger charge is 2.30. The van der Waals surface area contributed by atoms with Gasteiger partial charge in [0, 0.05) is 13.1 Å². The van der Waals surface area contributed by atoms with Crippen molar-refractivity contribution in [1.82, 2.24) is 4.90 Å². The fourth-order valence-electron chi connectivity index (χ4n) is 3.22. The Morgan fingerprint density at radius 2 is 1.68 bits per heavy atom. The Kier molecular flexibility index (Phi) is 5.70. The van der Waals surface area contributed by atoms with Gasteiger partial charge in [0.15, 0.2) is 5.96 Å². The molecule has 0 radical (unpaired) electrons. The number of carbonyl (C=O) groups excluding carboxylic acids is 1. The summed E-state index contributed by atoms with van der Waals surface area (Å²) in [5.41, 5.74) is 5.74. The van der Waals surface area contributed by atoms with Crippen LogP contribution in [0, 0.1) is 5.92 Å². The maximum atomic E-state index is 12.1. The van der Waals surface area contributed by atoms with Crippen molar-refractivity contribution in [2.24, 2.45) is 16.6 Å². The fourth-order valence-corrected chi connectivity index (χ4v) is 3.22. The number of carbonyl (C=O) groups is 1. The van der Waals surface area contributed by atoms with Gasteiger partial charge in [0.2, 0.25) is 0 Å². The lowest BCUT2D eigenvalue weighted by Crippen LogP contribution is -2.42. The first kappa shape index (κ1) is 17.1. The Hall–Kier alpha value is -1.26. The molecule has 1 heterocycles. The highest BCUT2D eigenvalue weighted by Crippen LogP contribution is 2.28. The number of hydrogen-bond donors (Lipinski definition) is 1. The molecule has 0 aromatic rings. The molecule has 0 amide bonds. The number of hydrogen-bond acceptors (Lipinski definition) is 3. The Morgan fingerprint density at radius 1 is 1.09 bits per heavy atom. The highest BCUT2D eigenvalue weighted by atomic mass is 16.6. The van der Waals surface area contributed by atoms with Crippen molar-refractivity contribution in [2.45, 2.75) is 77.4 Å². The Balaban J connectivity index is 1.80. The van der Waals surface area contributed by atoms with Crippen molar-refractivity contribution in [3.8, 4) is 0 Å². The normalized spacial score (nSPS) is 27.6. The third-order valence-electron chi connectivity index (χ3n) is 4.43. The van der Waals surface area contributed by atoms with E-state index in [1.54, 1.807) is 0 Å². The second-order valence-corrected chi connectivity index (χ2v) is 7.57. The zero-order valence-corrected chi connectivity index (χ0v) is 14.3. The van der Waals surface area contributed by atoms with Crippen LogP contribution in [-0.2, 0) is 9.53 Å². The van der Waals surface area contributed by atoms with Crippen LogP contribution < -0.4 is 5.73 Å². The van der Waals surface area contributed by atoms with Crippen LogP contribution in [0.3, 0.4) is 0 Å². The number of nitrogens with two attached hydrogens (primary N) is 1. The summed E-state index contributed by atoms with van der Waals surface area (Å²) in [5, 5.41) is 0. The van der Waals surface area contributed by atoms with Crippen LogP contribution in [0.5, 0.6) is 0 Å². The van der Waals surface area contributed by atoms with E-state index in [-0.39, 0.29) is 17.9 Å². The molecule has 22 heavy (non-hydrogen) atoms. The van der Waals surface area contributed by atoms with Crippen molar-refractivity contribution in [2.75, 3.05) is 13.1 Å². The van der Waals surface area contributed by atoms with Gasteiger partial charge >= 0.3 is 5.97 Å². The van der Waals surface area contributed by atoms with Crippen LogP contribution in [-0.4, -0.2) is 41.6 Å². The van der Waals surface area contributed by atoms with Gasteiger partial charge in [-0.25, -0.2) is 4.99 Å². The molecule has 0 bridgehead atoms. The zero-order chi connectivity index (χ0) is 16.2. The van der Waals surface area contributed by atoms with E-state index in [1.807, 2.05) is 20.8 Å². The van der Waals surface area contributed by atoms with E-state index in [1.165, 1.54) is 19.3 Å². The highest BCUT2D eigenvalue weighted by molar-refractivity contribution is 5.78. The van der Waals surface area contributed by atoms with E-state index in [0.29, 0.717) is 5.96 Å². The lowest BCUT2D eigenvalue weighted by Gasteiger charge is -2.31. The molecule has 2 rings (SSSR count). The summed E-state index contributed by atoms with van der Waals surface area (Å²) in [7, 11) is 0. The predicted octanol–water partition coefficient (Wildman–Crippen LogP) is 2.69. The van der Waals surface area contributed by atoms with Crippen molar-refractivity contribution in [3.63, 3.8) is 0 Å².